The van der Waals surface area contributed by atoms with E-state index >= 15 is 0 Å². The summed E-state index contributed by atoms with van der Waals surface area (Å²) in [6, 6.07) is 10.8. The van der Waals surface area contributed by atoms with Crippen LogP contribution in [0.15, 0.2) is 30.3 Å². The Labute approximate surface area is 94.1 Å². The topological polar surface area (TPSA) is 3.24 Å². The molecular weight excluding hydrogens is 182 g/mol. The van der Waals surface area contributed by atoms with Crippen LogP contribution in [0, 0.1) is 0 Å². The first kappa shape index (κ1) is 12.3. The number of rotatable bonds is 6. The van der Waals surface area contributed by atoms with E-state index in [-0.39, 0.29) is 0 Å². The largest absolute Gasteiger partial charge is 0.303 e. The lowest BCUT2D eigenvalue weighted by Crippen LogP contribution is -2.28. The SMILES string of the molecule is CCCN(CC)CC(C)c1ccccc1. The maximum absolute atomic E-state index is 2.53. The Balaban J connectivity index is 2.50. The van der Waals surface area contributed by atoms with E-state index in [1.165, 1.54) is 25.1 Å². The highest BCUT2D eigenvalue weighted by molar-refractivity contribution is 5.18. The van der Waals surface area contributed by atoms with E-state index in [2.05, 4.69) is 56.0 Å². The zero-order valence-electron chi connectivity index (χ0n) is 10.2. The van der Waals surface area contributed by atoms with Gasteiger partial charge in [-0.2, -0.15) is 0 Å². The molecule has 0 amide bonds. The average Bonchev–Trinajstić information content (AvgIpc) is 2.29. The first-order valence-electron chi connectivity index (χ1n) is 6.05. The van der Waals surface area contributed by atoms with Gasteiger partial charge in [0.25, 0.3) is 0 Å². The molecule has 0 saturated carbocycles. The van der Waals surface area contributed by atoms with Crippen molar-refractivity contribution in [3.05, 3.63) is 35.9 Å². The molecule has 0 aliphatic carbocycles. The normalized spacial score (nSPS) is 13.1. The van der Waals surface area contributed by atoms with E-state index in [0.717, 1.165) is 6.54 Å². The molecule has 0 aliphatic rings. The molecule has 84 valence electrons. The standard InChI is InChI=1S/C14H23N/c1-4-11-15(5-2)12-13(3)14-9-7-6-8-10-14/h6-10,13H,4-5,11-12H2,1-3H3. The van der Waals surface area contributed by atoms with E-state index in [1.54, 1.807) is 0 Å². The van der Waals surface area contributed by atoms with E-state index in [1.807, 2.05) is 0 Å². The van der Waals surface area contributed by atoms with Crippen molar-refractivity contribution >= 4 is 0 Å². The van der Waals surface area contributed by atoms with Crippen LogP contribution in [0.4, 0.5) is 0 Å². The van der Waals surface area contributed by atoms with Crippen LogP contribution in [0.5, 0.6) is 0 Å². The number of likely N-dealkylation sites (N-methyl/N-ethyl adjacent to an activating group) is 1. The maximum Gasteiger partial charge on any atom is 0.00475 e. The van der Waals surface area contributed by atoms with E-state index < -0.39 is 0 Å². The van der Waals surface area contributed by atoms with E-state index in [4.69, 9.17) is 0 Å². The Bertz CT molecular complexity index is 255. The molecule has 0 spiro atoms. The summed E-state index contributed by atoms with van der Waals surface area (Å²) in [5, 5.41) is 0. The summed E-state index contributed by atoms with van der Waals surface area (Å²) >= 11 is 0. The molecule has 0 aliphatic heterocycles. The van der Waals surface area contributed by atoms with Crippen LogP contribution in [0.3, 0.4) is 0 Å². The van der Waals surface area contributed by atoms with Crippen LogP contribution in [0.25, 0.3) is 0 Å². The van der Waals surface area contributed by atoms with Gasteiger partial charge in [0, 0.05) is 6.54 Å². The van der Waals surface area contributed by atoms with Crippen molar-refractivity contribution in [3.63, 3.8) is 0 Å². The number of hydrogen-bond acceptors (Lipinski definition) is 1. The van der Waals surface area contributed by atoms with Gasteiger partial charge >= 0.3 is 0 Å². The minimum Gasteiger partial charge on any atom is -0.303 e. The molecule has 1 rings (SSSR count). The highest BCUT2D eigenvalue weighted by Gasteiger charge is 2.09. The fourth-order valence-corrected chi connectivity index (χ4v) is 1.97. The number of benzene rings is 1. The minimum absolute atomic E-state index is 0.637. The summed E-state index contributed by atoms with van der Waals surface area (Å²) in [5.74, 6) is 0.637. The van der Waals surface area contributed by atoms with Crippen LogP contribution in [-0.2, 0) is 0 Å². The van der Waals surface area contributed by atoms with Crippen molar-refractivity contribution < 1.29 is 0 Å². The van der Waals surface area contributed by atoms with Crippen molar-refractivity contribution in [3.8, 4) is 0 Å². The van der Waals surface area contributed by atoms with Gasteiger partial charge in [-0.05, 0) is 31.0 Å². The fourth-order valence-electron chi connectivity index (χ4n) is 1.97. The smallest absolute Gasteiger partial charge is 0.00475 e. The Morgan fingerprint density at radius 1 is 1.13 bits per heavy atom. The fraction of sp³-hybridized carbons (Fsp3) is 0.571. The molecule has 15 heavy (non-hydrogen) atoms. The quantitative estimate of drug-likeness (QED) is 0.687. The van der Waals surface area contributed by atoms with Gasteiger partial charge in [0.2, 0.25) is 0 Å². The van der Waals surface area contributed by atoms with Crippen LogP contribution in [0.2, 0.25) is 0 Å². The van der Waals surface area contributed by atoms with Crippen LogP contribution < -0.4 is 0 Å². The summed E-state index contributed by atoms with van der Waals surface area (Å²) in [5.41, 5.74) is 1.45. The van der Waals surface area contributed by atoms with Crippen molar-refractivity contribution in [2.24, 2.45) is 0 Å². The molecule has 0 bridgehead atoms. The Morgan fingerprint density at radius 2 is 1.80 bits per heavy atom. The summed E-state index contributed by atoms with van der Waals surface area (Å²) < 4.78 is 0. The summed E-state index contributed by atoms with van der Waals surface area (Å²) in [6.07, 6.45) is 1.25. The number of nitrogens with zero attached hydrogens (tertiary/aromatic N) is 1. The molecule has 1 aromatic carbocycles. The van der Waals surface area contributed by atoms with Crippen molar-refractivity contribution in [2.45, 2.75) is 33.1 Å². The third-order valence-electron chi connectivity index (χ3n) is 2.89. The molecule has 1 atom stereocenters. The summed E-state index contributed by atoms with van der Waals surface area (Å²) in [7, 11) is 0. The van der Waals surface area contributed by atoms with Gasteiger partial charge in [0.05, 0.1) is 0 Å². The molecule has 1 unspecified atom stereocenters. The lowest BCUT2D eigenvalue weighted by molar-refractivity contribution is 0.274. The van der Waals surface area contributed by atoms with Crippen LogP contribution in [-0.4, -0.2) is 24.5 Å². The first-order valence-corrected chi connectivity index (χ1v) is 6.05. The summed E-state index contributed by atoms with van der Waals surface area (Å²) in [4.78, 5) is 2.53. The highest BCUT2D eigenvalue weighted by Crippen LogP contribution is 2.15. The van der Waals surface area contributed by atoms with Crippen molar-refractivity contribution in [2.75, 3.05) is 19.6 Å². The Hall–Kier alpha value is -0.820. The summed E-state index contributed by atoms with van der Waals surface area (Å²) in [6.45, 7) is 10.4. The lowest BCUT2D eigenvalue weighted by atomic mass is 10.0. The minimum atomic E-state index is 0.637. The first-order chi connectivity index (χ1) is 7.27. The van der Waals surface area contributed by atoms with Crippen LogP contribution in [0.1, 0.15) is 38.7 Å². The van der Waals surface area contributed by atoms with Crippen molar-refractivity contribution in [1.82, 2.24) is 4.90 Å². The van der Waals surface area contributed by atoms with Crippen molar-refractivity contribution in [1.29, 1.82) is 0 Å². The second-order valence-electron chi connectivity index (χ2n) is 4.20. The van der Waals surface area contributed by atoms with Gasteiger partial charge in [-0.25, -0.2) is 0 Å². The zero-order valence-corrected chi connectivity index (χ0v) is 10.2. The van der Waals surface area contributed by atoms with E-state index in [0.29, 0.717) is 5.92 Å². The Morgan fingerprint density at radius 3 is 2.33 bits per heavy atom. The molecule has 0 fully saturated rings. The van der Waals surface area contributed by atoms with E-state index in [9.17, 15) is 0 Å². The molecular formula is C14H23N. The molecule has 0 saturated heterocycles. The highest BCUT2D eigenvalue weighted by atomic mass is 15.1. The Kier molecular flexibility index (Phi) is 5.41. The zero-order chi connectivity index (χ0) is 11.1. The maximum atomic E-state index is 2.53. The monoisotopic (exact) mass is 205 g/mol. The second-order valence-corrected chi connectivity index (χ2v) is 4.20. The molecule has 0 radical (unpaired) electrons. The third-order valence-corrected chi connectivity index (χ3v) is 2.89. The lowest BCUT2D eigenvalue weighted by Gasteiger charge is -2.23. The van der Waals surface area contributed by atoms with Gasteiger partial charge in [-0.1, -0.05) is 51.1 Å². The second kappa shape index (κ2) is 6.62. The predicted octanol–water partition coefficient (Wildman–Crippen LogP) is 3.52. The number of hydrogen-bond donors (Lipinski definition) is 0. The molecule has 0 aromatic heterocycles. The molecule has 1 aromatic rings. The predicted molar refractivity (Wildman–Crippen MR) is 67.3 cm³/mol. The molecule has 1 heteroatoms. The van der Waals surface area contributed by atoms with Gasteiger partial charge in [-0.15, -0.1) is 0 Å². The van der Waals surface area contributed by atoms with Gasteiger partial charge in [0.15, 0.2) is 0 Å². The van der Waals surface area contributed by atoms with Gasteiger partial charge < -0.3 is 4.90 Å². The third kappa shape index (κ3) is 4.05. The average molecular weight is 205 g/mol. The van der Waals surface area contributed by atoms with Gasteiger partial charge in [-0.3, -0.25) is 0 Å². The van der Waals surface area contributed by atoms with Gasteiger partial charge in [0.1, 0.15) is 0 Å². The molecule has 0 heterocycles. The molecule has 1 nitrogen and oxygen atoms in total. The van der Waals surface area contributed by atoms with Crippen LogP contribution >= 0.6 is 0 Å². The molecule has 0 N–H and O–H groups in total.